The molecule has 0 saturated carbocycles. The molecule has 3 aromatic heterocycles. The number of nitrogens with one attached hydrogen (secondary N) is 3. The lowest BCUT2D eigenvalue weighted by atomic mass is 10.0. The van der Waals surface area contributed by atoms with Crippen molar-refractivity contribution in [3.05, 3.63) is 113 Å². The van der Waals surface area contributed by atoms with E-state index in [1.54, 1.807) is 12.1 Å². The summed E-state index contributed by atoms with van der Waals surface area (Å²) in [6, 6.07) is 24.2. The lowest BCUT2D eigenvalue weighted by Gasteiger charge is -2.18. The van der Waals surface area contributed by atoms with Crippen LogP contribution in [0.3, 0.4) is 0 Å². The highest BCUT2D eigenvalue weighted by molar-refractivity contribution is 7.16. The molecule has 6 aromatic rings. The Hall–Kier alpha value is -5.15. The number of aryl methyl sites for hydroxylation is 1. The van der Waals surface area contributed by atoms with Gasteiger partial charge in [-0.05, 0) is 48.1 Å². The molecule has 42 heavy (non-hydrogen) atoms. The van der Waals surface area contributed by atoms with Crippen LogP contribution in [-0.2, 0) is 17.6 Å². The first-order valence-corrected chi connectivity index (χ1v) is 14.6. The first-order valence-electron chi connectivity index (χ1n) is 13.8. The number of fused-ring (bicyclic) bond motifs is 3. The van der Waals surface area contributed by atoms with Crippen LogP contribution in [0, 0.1) is 0 Å². The molecule has 0 fully saturated rings. The fourth-order valence-electron chi connectivity index (χ4n) is 5.17. The van der Waals surface area contributed by atoms with E-state index in [-0.39, 0.29) is 11.8 Å². The number of thiazole rings is 1. The van der Waals surface area contributed by atoms with E-state index in [1.807, 2.05) is 79.0 Å². The number of imidazole rings is 1. The van der Waals surface area contributed by atoms with E-state index in [9.17, 15) is 9.59 Å². The van der Waals surface area contributed by atoms with Crippen molar-refractivity contribution in [2.75, 3.05) is 5.32 Å². The number of nitrogens with zero attached hydrogens (tertiary/aromatic N) is 3. The van der Waals surface area contributed by atoms with Crippen molar-refractivity contribution >= 4 is 56.2 Å². The van der Waals surface area contributed by atoms with Gasteiger partial charge in [0, 0.05) is 22.9 Å². The lowest BCUT2D eigenvalue weighted by Crippen LogP contribution is -2.45. The maximum Gasteiger partial charge on any atom is 0.254 e. The average Bonchev–Trinajstić information content (AvgIpc) is 3.65. The molecule has 2 amide bonds. The van der Waals surface area contributed by atoms with Crippen molar-refractivity contribution < 1.29 is 9.59 Å². The number of benzene rings is 3. The summed E-state index contributed by atoms with van der Waals surface area (Å²) in [5, 5.41) is 8.53. The van der Waals surface area contributed by atoms with Gasteiger partial charge in [-0.1, -0.05) is 66.7 Å². The predicted octanol–water partition coefficient (Wildman–Crippen LogP) is 6.17. The number of rotatable bonds is 7. The molecule has 1 aliphatic rings. The van der Waals surface area contributed by atoms with E-state index < -0.39 is 6.04 Å². The van der Waals surface area contributed by atoms with Crippen molar-refractivity contribution in [2.45, 2.75) is 25.3 Å². The lowest BCUT2D eigenvalue weighted by molar-refractivity contribution is -0.118. The van der Waals surface area contributed by atoms with Crippen LogP contribution in [0.4, 0.5) is 5.13 Å². The number of carbonyl (C=O) groups excluding carboxylic acids is 2. The molecule has 206 valence electrons. The van der Waals surface area contributed by atoms with Gasteiger partial charge in [-0.25, -0.2) is 9.97 Å². The molecule has 0 aliphatic heterocycles. The number of H-pyrrole nitrogens is 1. The fraction of sp³-hybridized carbons (Fsp3) is 0.121. The van der Waals surface area contributed by atoms with Gasteiger partial charge in [0.05, 0.1) is 16.8 Å². The van der Waals surface area contributed by atoms with E-state index in [2.05, 4.69) is 31.7 Å². The van der Waals surface area contributed by atoms with E-state index in [1.165, 1.54) is 11.3 Å². The van der Waals surface area contributed by atoms with Crippen molar-refractivity contribution in [1.29, 1.82) is 0 Å². The zero-order chi connectivity index (χ0) is 28.5. The molecule has 3 aromatic carbocycles. The molecular weight excluding hydrogens is 544 g/mol. The van der Waals surface area contributed by atoms with Crippen LogP contribution in [0.5, 0.6) is 0 Å². The Morgan fingerprint density at radius 3 is 2.64 bits per heavy atom. The SMILES string of the molecule is O=C(N[C@@H](Cc1ccccc1)C(=O)Nc1nc2c(s1)CCC=C2)c1cccc2[nH]c(-c3cc4ccccc4cn3)nc12. The molecule has 0 radical (unpaired) electrons. The van der Waals surface area contributed by atoms with E-state index >= 15 is 0 Å². The monoisotopic (exact) mass is 570 g/mol. The molecule has 1 aliphatic carbocycles. The molecule has 3 heterocycles. The van der Waals surface area contributed by atoms with Crippen molar-refractivity contribution in [2.24, 2.45) is 0 Å². The third kappa shape index (κ3) is 5.17. The third-order valence-electron chi connectivity index (χ3n) is 7.31. The van der Waals surface area contributed by atoms with E-state index in [4.69, 9.17) is 4.98 Å². The predicted molar refractivity (Wildman–Crippen MR) is 166 cm³/mol. The zero-order valence-electron chi connectivity index (χ0n) is 22.5. The number of hydrogen-bond acceptors (Lipinski definition) is 6. The molecule has 0 unspecified atom stereocenters. The van der Waals surface area contributed by atoms with Gasteiger partial charge in [0.2, 0.25) is 5.91 Å². The number of anilines is 1. The van der Waals surface area contributed by atoms with Gasteiger partial charge >= 0.3 is 0 Å². The van der Waals surface area contributed by atoms with Gasteiger partial charge in [-0.2, -0.15) is 0 Å². The number of para-hydroxylation sites is 1. The smallest absolute Gasteiger partial charge is 0.254 e. The second-order valence-corrected chi connectivity index (χ2v) is 11.3. The van der Waals surface area contributed by atoms with Gasteiger partial charge in [-0.15, -0.1) is 11.3 Å². The second kappa shape index (κ2) is 11.0. The summed E-state index contributed by atoms with van der Waals surface area (Å²) in [5.41, 5.74) is 4.10. The molecule has 0 saturated heterocycles. The molecule has 0 bridgehead atoms. The van der Waals surface area contributed by atoms with Crippen molar-refractivity contribution in [3.63, 3.8) is 0 Å². The zero-order valence-corrected chi connectivity index (χ0v) is 23.3. The van der Waals surface area contributed by atoms with E-state index in [0.717, 1.165) is 39.7 Å². The standard InChI is InChI=1S/C33H26N6O2S/c40-31(23-13-8-15-25-29(23)38-30(35-25)26-18-21-11-4-5-12-22(21)19-34-26)36-27(17-20-9-2-1-3-10-20)32(41)39-33-37-24-14-6-7-16-28(24)42-33/h1-6,8-15,18-19,27H,7,16-17H2,(H,35,38)(H,36,40)(H,37,39,41)/t27-/m0/s1. The van der Waals surface area contributed by atoms with Crippen LogP contribution in [0.15, 0.2) is 91.1 Å². The van der Waals surface area contributed by atoms with Gasteiger partial charge in [-0.3, -0.25) is 14.6 Å². The number of aromatic nitrogens is 4. The average molecular weight is 571 g/mol. The van der Waals surface area contributed by atoms with Gasteiger partial charge in [0.25, 0.3) is 5.91 Å². The minimum absolute atomic E-state index is 0.322. The Morgan fingerprint density at radius 2 is 1.79 bits per heavy atom. The number of aromatic amines is 1. The number of pyridine rings is 1. The number of amides is 2. The normalized spacial score (nSPS) is 13.1. The topological polar surface area (TPSA) is 113 Å². The van der Waals surface area contributed by atoms with Gasteiger partial charge < -0.3 is 15.6 Å². The maximum atomic E-state index is 13.7. The van der Waals surface area contributed by atoms with Gasteiger partial charge in [0.15, 0.2) is 11.0 Å². The first kappa shape index (κ1) is 25.8. The van der Waals surface area contributed by atoms with Crippen LogP contribution >= 0.6 is 11.3 Å². The van der Waals surface area contributed by atoms with E-state index in [0.29, 0.717) is 39.7 Å². The Bertz CT molecular complexity index is 1980. The number of carbonyl (C=O) groups is 2. The molecule has 9 heteroatoms. The molecule has 1 atom stereocenters. The van der Waals surface area contributed by atoms with Crippen LogP contribution < -0.4 is 10.6 Å². The molecular formula is C33H26N6O2S. The quantitative estimate of drug-likeness (QED) is 0.212. The summed E-state index contributed by atoms with van der Waals surface area (Å²) in [6.45, 7) is 0. The second-order valence-electron chi connectivity index (χ2n) is 10.2. The van der Waals surface area contributed by atoms with Gasteiger partial charge in [0.1, 0.15) is 17.3 Å². The molecule has 7 rings (SSSR count). The Labute approximate surface area is 245 Å². The first-order chi connectivity index (χ1) is 20.6. The minimum Gasteiger partial charge on any atom is -0.340 e. The largest absolute Gasteiger partial charge is 0.340 e. The molecule has 3 N–H and O–H groups in total. The summed E-state index contributed by atoms with van der Waals surface area (Å²) >= 11 is 1.48. The minimum atomic E-state index is -0.827. The Balaban J connectivity index is 1.17. The summed E-state index contributed by atoms with van der Waals surface area (Å²) in [7, 11) is 0. The highest BCUT2D eigenvalue weighted by atomic mass is 32.1. The molecule has 0 spiro atoms. The summed E-state index contributed by atoms with van der Waals surface area (Å²) in [5.74, 6) is -0.142. The maximum absolute atomic E-state index is 13.7. The number of allylic oxidation sites excluding steroid dienone is 1. The number of hydrogen-bond donors (Lipinski definition) is 3. The van der Waals surface area contributed by atoms with Crippen LogP contribution in [0.25, 0.3) is 39.4 Å². The van der Waals surface area contributed by atoms with Crippen LogP contribution in [0.1, 0.15) is 32.9 Å². The van der Waals surface area contributed by atoms with Crippen molar-refractivity contribution in [3.8, 4) is 11.5 Å². The fourth-order valence-corrected chi connectivity index (χ4v) is 6.14. The summed E-state index contributed by atoms with van der Waals surface area (Å²) < 4.78 is 0. The third-order valence-corrected chi connectivity index (χ3v) is 8.35. The Morgan fingerprint density at radius 1 is 0.952 bits per heavy atom. The summed E-state index contributed by atoms with van der Waals surface area (Å²) in [4.78, 5) is 45.6. The highest BCUT2D eigenvalue weighted by Gasteiger charge is 2.25. The summed E-state index contributed by atoms with van der Waals surface area (Å²) in [6.07, 6.45) is 8.09. The van der Waals surface area contributed by atoms with Crippen LogP contribution in [0.2, 0.25) is 0 Å². The molecule has 8 nitrogen and oxygen atoms in total. The highest BCUT2D eigenvalue weighted by Crippen LogP contribution is 2.29. The Kier molecular flexibility index (Phi) is 6.77. The van der Waals surface area contributed by atoms with Crippen molar-refractivity contribution in [1.82, 2.24) is 25.3 Å². The van der Waals surface area contributed by atoms with Crippen LogP contribution in [-0.4, -0.2) is 37.8 Å².